The monoisotopic (exact) mass is 532 g/mol. The third-order valence-electron chi connectivity index (χ3n) is 6.52. The van der Waals surface area contributed by atoms with E-state index in [1.807, 2.05) is 50.2 Å². The van der Waals surface area contributed by atoms with E-state index >= 15 is 0 Å². The Hall–Kier alpha value is -3.71. The van der Waals surface area contributed by atoms with E-state index < -0.39 is 11.5 Å². The molecule has 4 rings (SSSR count). The standard InChI is InChI=1S/C29H32N4O4S/c1-19-6-9-26(38-19)24(18-37-23-13-21-12-20(16-30)7-8-25(21)31-17-23)29(34,10-11-33(2)3)22-14-27(35-4)32-28(15-22)36-5/h6-9,12-15,17,24,34H,10-11,18H2,1-5H3. The van der Waals surface area contributed by atoms with Crippen LogP contribution in [-0.2, 0) is 5.60 Å². The van der Waals surface area contributed by atoms with E-state index in [-0.39, 0.29) is 6.61 Å². The number of aromatic nitrogens is 2. The molecule has 2 unspecified atom stereocenters. The van der Waals surface area contributed by atoms with Gasteiger partial charge >= 0.3 is 0 Å². The zero-order valence-electron chi connectivity index (χ0n) is 22.3. The number of ether oxygens (including phenoxy) is 3. The summed E-state index contributed by atoms with van der Waals surface area (Å²) in [5, 5.41) is 22.6. The lowest BCUT2D eigenvalue weighted by Gasteiger charge is -2.37. The lowest BCUT2D eigenvalue weighted by molar-refractivity contribution is -0.0199. The molecule has 9 heteroatoms. The van der Waals surface area contributed by atoms with E-state index in [0.29, 0.717) is 41.6 Å². The molecule has 3 aromatic heterocycles. The van der Waals surface area contributed by atoms with E-state index in [9.17, 15) is 10.4 Å². The van der Waals surface area contributed by atoms with E-state index in [1.54, 1.807) is 41.8 Å². The lowest BCUT2D eigenvalue weighted by Crippen LogP contribution is -2.39. The summed E-state index contributed by atoms with van der Waals surface area (Å²) in [6, 6.07) is 17.0. The van der Waals surface area contributed by atoms with Gasteiger partial charge in [0.25, 0.3) is 0 Å². The molecule has 0 aliphatic carbocycles. The van der Waals surface area contributed by atoms with Crippen LogP contribution in [0.25, 0.3) is 10.9 Å². The number of fused-ring (bicyclic) bond motifs is 1. The predicted molar refractivity (Wildman–Crippen MR) is 148 cm³/mol. The molecule has 0 fully saturated rings. The Labute approximate surface area is 227 Å². The van der Waals surface area contributed by atoms with Crippen molar-refractivity contribution in [1.29, 1.82) is 5.26 Å². The van der Waals surface area contributed by atoms with Crippen LogP contribution in [0.2, 0.25) is 0 Å². The number of nitrogens with zero attached hydrogens (tertiary/aromatic N) is 4. The van der Waals surface area contributed by atoms with Gasteiger partial charge in [-0.05, 0) is 69.4 Å². The Bertz CT molecular complexity index is 1430. The van der Waals surface area contributed by atoms with Gasteiger partial charge in [-0.1, -0.05) is 0 Å². The third kappa shape index (κ3) is 6.05. The van der Waals surface area contributed by atoms with Crippen molar-refractivity contribution in [2.75, 3.05) is 41.5 Å². The molecule has 0 saturated heterocycles. The van der Waals surface area contributed by atoms with Crippen LogP contribution in [0.5, 0.6) is 17.5 Å². The van der Waals surface area contributed by atoms with Gasteiger partial charge in [-0.25, -0.2) is 0 Å². The Morgan fingerprint density at radius 3 is 2.42 bits per heavy atom. The van der Waals surface area contributed by atoms with Crippen molar-refractivity contribution < 1.29 is 19.3 Å². The summed E-state index contributed by atoms with van der Waals surface area (Å²) in [5.74, 6) is 0.859. The van der Waals surface area contributed by atoms with Crippen molar-refractivity contribution in [2.45, 2.75) is 24.9 Å². The molecule has 38 heavy (non-hydrogen) atoms. The van der Waals surface area contributed by atoms with Crippen LogP contribution in [0.3, 0.4) is 0 Å². The maximum Gasteiger partial charge on any atom is 0.216 e. The third-order valence-corrected chi connectivity index (χ3v) is 7.63. The van der Waals surface area contributed by atoms with Crippen LogP contribution in [0, 0.1) is 18.3 Å². The molecular formula is C29H32N4O4S. The highest BCUT2D eigenvalue weighted by molar-refractivity contribution is 7.12. The highest BCUT2D eigenvalue weighted by Crippen LogP contribution is 2.44. The van der Waals surface area contributed by atoms with Crippen LogP contribution in [0.15, 0.2) is 54.7 Å². The average molecular weight is 533 g/mol. The quantitative estimate of drug-likeness (QED) is 0.291. The summed E-state index contributed by atoms with van der Waals surface area (Å²) in [6.45, 7) is 2.88. The van der Waals surface area contributed by atoms with E-state index in [2.05, 4.69) is 16.0 Å². The van der Waals surface area contributed by atoms with E-state index in [1.165, 1.54) is 14.2 Å². The normalized spacial score (nSPS) is 13.6. The minimum absolute atomic E-state index is 0.196. The molecular weight excluding hydrogens is 500 g/mol. The van der Waals surface area contributed by atoms with Gasteiger partial charge in [-0.2, -0.15) is 10.2 Å². The Morgan fingerprint density at radius 1 is 1.08 bits per heavy atom. The van der Waals surface area contributed by atoms with Crippen molar-refractivity contribution >= 4 is 22.2 Å². The largest absolute Gasteiger partial charge is 0.491 e. The summed E-state index contributed by atoms with van der Waals surface area (Å²) in [6.07, 6.45) is 2.10. The first-order valence-corrected chi connectivity index (χ1v) is 13.0. The first-order chi connectivity index (χ1) is 18.2. The van der Waals surface area contributed by atoms with E-state index in [4.69, 9.17) is 14.2 Å². The Morgan fingerprint density at radius 2 is 1.82 bits per heavy atom. The number of benzene rings is 1. The summed E-state index contributed by atoms with van der Waals surface area (Å²) in [4.78, 5) is 13.0. The van der Waals surface area contributed by atoms with Crippen LogP contribution in [0.4, 0.5) is 0 Å². The van der Waals surface area contributed by atoms with Crippen LogP contribution >= 0.6 is 11.3 Å². The molecule has 0 saturated carbocycles. The fraction of sp³-hybridized carbons (Fsp3) is 0.345. The maximum atomic E-state index is 12.5. The summed E-state index contributed by atoms with van der Waals surface area (Å²) in [5.41, 5.74) is 0.642. The summed E-state index contributed by atoms with van der Waals surface area (Å²) in [7, 11) is 7.03. The number of nitriles is 1. The Balaban J connectivity index is 1.76. The van der Waals surface area contributed by atoms with Crippen molar-refractivity contribution in [3.63, 3.8) is 0 Å². The van der Waals surface area contributed by atoms with Gasteiger partial charge in [0.05, 0.1) is 50.1 Å². The molecule has 0 amide bonds. The van der Waals surface area contributed by atoms with Crippen LogP contribution in [0.1, 0.15) is 33.2 Å². The molecule has 2 atom stereocenters. The van der Waals surface area contributed by atoms with E-state index in [0.717, 1.165) is 20.7 Å². The molecule has 4 aromatic rings. The molecule has 1 aromatic carbocycles. The second kappa shape index (κ2) is 11.8. The van der Waals surface area contributed by atoms with Crippen molar-refractivity contribution in [3.05, 3.63) is 75.6 Å². The number of aryl methyl sites for hydroxylation is 1. The lowest BCUT2D eigenvalue weighted by atomic mass is 9.78. The van der Waals surface area contributed by atoms with Gasteiger partial charge in [0.1, 0.15) is 11.4 Å². The number of rotatable bonds is 11. The number of hydrogen-bond acceptors (Lipinski definition) is 9. The number of pyridine rings is 2. The van der Waals surface area contributed by atoms with Crippen LogP contribution < -0.4 is 14.2 Å². The van der Waals surface area contributed by atoms with Gasteiger partial charge in [-0.15, -0.1) is 11.3 Å². The minimum Gasteiger partial charge on any atom is -0.491 e. The summed E-state index contributed by atoms with van der Waals surface area (Å²) < 4.78 is 17.2. The molecule has 8 nitrogen and oxygen atoms in total. The number of methoxy groups -OCH3 is 2. The molecule has 0 bridgehead atoms. The molecule has 0 aliphatic heterocycles. The van der Waals surface area contributed by atoms with Gasteiger partial charge < -0.3 is 24.2 Å². The molecule has 1 N–H and O–H groups in total. The van der Waals surface area contributed by atoms with Crippen molar-refractivity contribution in [3.8, 4) is 23.6 Å². The predicted octanol–water partition coefficient (Wildman–Crippen LogP) is 4.89. The smallest absolute Gasteiger partial charge is 0.216 e. The van der Waals surface area contributed by atoms with Crippen molar-refractivity contribution in [2.24, 2.45) is 0 Å². The average Bonchev–Trinajstić information content (AvgIpc) is 3.36. The fourth-order valence-corrected chi connectivity index (χ4v) is 5.44. The van der Waals surface area contributed by atoms with Gasteiger partial charge in [0, 0.05) is 33.8 Å². The molecule has 3 heterocycles. The highest BCUT2D eigenvalue weighted by atomic mass is 32.1. The van der Waals surface area contributed by atoms with Gasteiger partial charge in [0.15, 0.2) is 0 Å². The highest BCUT2D eigenvalue weighted by Gasteiger charge is 2.41. The molecule has 198 valence electrons. The van der Waals surface area contributed by atoms with Crippen molar-refractivity contribution in [1.82, 2.24) is 14.9 Å². The summed E-state index contributed by atoms with van der Waals surface area (Å²) >= 11 is 1.63. The first kappa shape index (κ1) is 27.3. The Kier molecular flexibility index (Phi) is 8.47. The van der Waals surface area contributed by atoms with Crippen LogP contribution in [-0.4, -0.2) is 61.4 Å². The first-order valence-electron chi connectivity index (χ1n) is 12.2. The zero-order valence-corrected chi connectivity index (χ0v) is 23.1. The number of thiophene rings is 1. The molecule has 0 radical (unpaired) electrons. The SMILES string of the molecule is COc1cc(C(O)(CCN(C)C)C(COc2cnc3ccc(C#N)cc3c2)c2ccc(C)s2)cc(OC)n1. The molecule has 0 spiro atoms. The topological polar surface area (TPSA) is 101 Å². The fourth-order valence-electron chi connectivity index (χ4n) is 4.39. The minimum atomic E-state index is -1.33. The second-order valence-electron chi connectivity index (χ2n) is 9.42. The second-order valence-corrected chi connectivity index (χ2v) is 10.7. The zero-order chi connectivity index (χ0) is 27.3. The number of aliphatic hydroxyl groups is 1. The van der Waals surface area contributed by atoms with Gasteiger partial charge in [-0.3, -0.25) is 4.98 Å². The van der Waals surface area contributed by atoms with Gasteiger partial charge in [0.2, 0.25) is 11.8 Å². The molecule has 0 aliphatic rings. The maximum absolute atomic E-state index is 12.5. The number of hydrogen-bond donors (Lipinski definition) is 1.